The minimum atomic E-state index is -0.262. The van der Waals surface area contributed by atoms with Crippen LogP contribution in [-0.2, 0) is 9.53 Å². The van der Waals surface area contributed by atoms with Crippen LogP contribution in [0.25, 0.3) is 0 Å². The Labute approximate surface area is 83.4 Å². The third kappa shape index (κ3) is 5.53. The minimum Gasteiger partial charge on any atom is -0.465 e. The lowest BCUT2D eigenvalue weighted by Gasteiger charge is -2.25. The van der Waals surface area contributed by atoms with Crippen LogP contribution in [0.15, 0.2) is 0 Å². The number of hydrogen-bond donors (Lipinski definition) is 0. The van der Waals surface area contributed by atoms with Gasteiger partial charge in [-0.3, -0.25) is 4.79 Å². The van der Waals surface area contributed by atoms with Gasteiger partial charge in [-0.1, -0.05) is 13.8 Å². The molecule has 0 saturated carbocycles. The molecule has 13 heavy (non-hydrogen) atoms. The second kappa shape index (κ2) is 5.87. The zero-order valence-electron chi connectivity index (χ0n) is 8.29. The molecule has 0 heterocycles. The largest absolute Gasteiger partial charge is 0.465 e. The monoisotopic (exact) mass is 201 g/mol. The first-order chi connectivity index (χ1) is 6.04. The summed E-state index contributed by atoms with van der Waals surface area (Å²) in [6, 6.07) is 0. The predicted octanol–water partition coefficient (Wildman–Crippen LogP) is 2.18. The highest BCUT2D eigenvalue weighted by atomic mass is 32.2. The number of thioether (sulfide) groups is 1. The maximum Gasteiger partial charge on any atom is 0.302 e. The van der Waals surface area contributed by atoms with Gasteiger partial charge in [-0.2, -0.15) is 5.26 Å². The van der Waals surface area contributed by atoms with E-state index in [4.69, 9.17) is 10.00 Å². The Balaban J connectivity index is 3.96. The minimum absolute atomic E-state index is 0.0773. The topological polar surface area (TPSA) is 50.1 Å². The fourth-order valence-corrected chi connectivity index (χ4v) is 1.43. The van der Waals surface area contributed by atoms with Crippen molar-refractivity contribution >= 4 is 17.7 Å². The van der Waals surface area contributed by atoms with Crippen LogP contribution >= 0.6 is 11.8 Å². The lowest BCUT2D eigenvalue weighted by atomic mass is 9.91. The Morgan fingerprint density at radius 3 is 2.69 bits per heavy atom. The second-order valence-corrected chi connectivity index (χ2v) is 4.08. The van der Waals surface area contributed by atoms with E-state index in [-0.39, 0.29) is 11.4 Å². The zero-order chi connectivity index (χ0) is 10.3. The average molecular weight is 201 g/mol. The van der Waals surface area contributed by atoms with Gasteiger partial charge >= 0.3 is 5.97 Å². The van der Waals surface area contributed by atoms with Crippen LogP contribution in [0, 0.1) is 16.1 Å². The molecule has 0 rings (SSSR count). The van der Waals surface area contributed by atoms with Crippen molar-refractivity contribution in [1.29, 1.82) is 5.26 Å². The van der Waals surface area contributed by atoms with Gasteiger partial charge in [0.25, 0.3) is 0 Å². The van der Waals surface area contributed by atoms with Gasteiger partial charge in [0, 0.05) is 18.1 Å². The van der Waals surface area contributed by atoms with Gasteiger partial charge in [0.05, 0.1) is 6.61 Å². The maximum absolute atomic E-state index is 10.6. The van der Waals surface area contributed by atoms with E-state index in [1.807, 2.05) is 19.2 Å². The van der Waals surface area contributed by atoms with Crippen LogP contribution in [0.3, 0.4) is 0 Å². The van der Waals surface area contributed by atoms with E-state index in [1.54, 1.807) is 0 Å². The molecule has 74 valence electrons. The Bertz CT molecular complexity index is 212. The van der Waals surface area contributed by atoms with E-state index in [0.717, 1.165) is 6.42 Å². The molecule has 1 unspecified atom stereocenters. The van der Waals surface area contributed by atoms with Crippen LogP contribution in [0.1, 0.15) is 27.2 Å². The summed E-state index contributed by atoms with van der Waals surface area (Å²) in [5.41, 5.74) is -0.0773. The Hall–Kier alpha value is -0.690. The van der Waals surface area contributed by atoms with Crippen LogP contribution in [-0.4, -0.2) is 18.3 Å². The number of thiocyanates is 1. The molecule has 4 heteroatoms. The molecule has 0 saturated heterocycles. The summed E-state index contributed by atoms with van der Waals surface area (Å²) >= 11 is 1.21. The molecule has 0 aromatic heterocycles. The van der Waals surface area contributed by atoms with Gasteiger partial charge in [0.2, 0.25) is 0 Å². The molecule has 0 amide bonds. The molecule has 0 aliphatic heterocycles. The summed E-state index contributed by atoms with van der Waals surface area (Å²) in [6.45, 7) is 5.84. The molecule has 0 N–H and O–H groups in total. The summed E-state index contributed by atoms with van der Waals surface area (Å²) < 4.78 is 4.93. The van der Waals surface area contributed by atoms with Gasteiger partial charge in [-0.25, -0.2) is 0 Å². The summed E-state index contributed by atoms with van der Waals surface area (Å²) in [6.07, 6.45) is 0.898. The number of ether oxygens (including phenoxy) is 1. The Kier molecular flexibility index (Phi) is 5.56. The van der Waals surface area contributed by atoms with Crippen molar-refractivity contribution in [2.45, 2.75) is 27.2 Å². The van der Waals surface area contributed by atoms with Crippen molar-refractivity contribution < 1.29 is 9.53 Å². The molecule has 0 aromatic carbocycles. The number of hydrogen-bond acceptors (Lipinski definition) is 4. The summed E-state index contributed by atoms with van der Waals surface area (Å²) in [4.78, 5) is 10.6. The lowest BCUT2D eigenvalue weighted by Crippen LogP contribution is -2.26. The fraction of sp³-hybridized carbons (Fsp3) is 0.778. The van der Waals surface area contributed by atoms with E-state index in [2.05, 4.69) is 0 Å². The van der Waals surface area contributed by atoms with Gasteiger partial charge < -0.3 is 4.74 Å². The Morgan fingerprint density at radius 2 is 2.31 bits per heavy atom. The fourth-order valence-electron chi connectivity index (χ4n) is 0.728. The number of rotatable bonds is 5. The first-order valence-electron chi connectivity index (χ1n) is 4.18. The molecule has 0 spiro atoms. The molecular formula is C9H15NO2S. The summed E-state index contributed by atoms with van der Waals surface area (Å²) in [5.74, 6) is 0.439. The van der Waals surface area contributed by atoms with Gasteiger partial charge in [-0.15, -0.1) is 0 Å². The third-order valence-electron chi connectivity index (χ3n) is 1.96. The van der Waals surface area contributed by atoms with Gasteiger partial charge in [0.1, 0.15) is 5.40 Å². The number of nitriles is 1. The highest BCUT2D eigenvalue weighted by Crippen LogP contribution is 2.26. The first kappa shape index (κ1) is 12.3. The van der Waals surface area contributed by atoms with Gasteiger partial charge in [0.15, 0.2) is 0 Å². The number of carbonyl (C=O) groups is 1. The van der Waals surface area contributed by atoms with Crippen LogP contribution < -0.4 is 0 Å². The van der Waals surface area contributed by atoms with Gasteiger partial charge in [-0.05, 0) is 18.2 Å². The summed E-state index contributed by atoms with van der Waals surface area (Å²) in [5, 5.41) is 10.4. The first-order valence-corrected chi connectivity index (χ1v) is 5.17. The average Bonchev–Trinajstić information content (AvgIpc) is 2.11. The second-order valence-electron chi connectivity index (χ2n) is 3.32. The predicted molar refractivity (Wildman–Crippen MR) is 53.1 cm³/mol. The highest BCUT2D eigenvalue weighted by Gasteiger charge is 2.23. The zero-order valence-corrected chi connectivity index (χ0v) is 9.11. The molecule has 0 aliphatic carbocycles. The molecular weight excluding hydrogens is 186 g/mol. The van der Waals surface area contributed by atoms with E-state index >= 15 is 0 Å². The standard InChI is InChI=1S/C9H15NO2S/c1-4-9(3,6-13-7-10)5-12-8(2)11/h4-6H2,1-3H3. The smallest absolute Gasteiger partial charge is 0.302 e. The Morgan fingerprint density at radius 1 is 1.69 bits per heavy atom. The molecule has 0 bridgehead atoms. The van der Waals surface area contributed by atoms with Crippen LogP contribution in [0.2, 0.25) is 0 Å². The van der Waals surface area contributed by atoms with E-state index in [1.165, 1.54) is 18.7 Å². The van der Waals surface area contributed by atoms with Crippen molar-refractivity contribution in [3.05, 3.63) is 0 Å². The van der Waals surface area contributed by atoms with Crippen molar-refractivity contribution in [3.63, 3.8) is 0 Å². The number of nitrogens with zero attached hydrogens (tertiary/aromatic N) is 1. The van der Waals surface area contributed by atoms with Crippen molar-refractivity contribution in [2.24, 2.45) is 5.41 Å². The third-order valence-corrected chi connectivity index (χ3v) is 2.93. The number of esters is 1. The SMILES string of the molecule is CCC(C)(COC(C)=O)CSC#N. The molecule has 0 aliphatic rings. The van der Waals surface area contributed by atoms with E-state index < -0.39 is 0 Å². The molecule has 0 radical (unpaired) electrons. The molecule has 3 nitrogen and oxygen atoms in total. The quantitative estimate of drug-likeness (QED) is 0.505. The van der Waals surface area contributed by atoms with Crippen LogP contribution in [0.5, 0.6) is 0 Å². The number of carbonyl (C=O) groups excluding carboxylic acids is 1. The maximum atomic E-state index is 10.6. The van der Waals surface area contributed by atoms with Crippen molar-refractivity contribution in [2.75, 3.05) is 12.4 Å². The van der Waals surface area contributed by atoms with Crippen molar-refractivity contribution in [1.82, 2.24) is 0 Å². The summed E-state index contributed by atoms with van der Waals surface area (Å²) in [7, 11) is 0. The van der Waals surface area contributed by atoms with E-state index in [0.29, 0.717) is 12.4 Å². The molecule has 0 fully saturated rings. The van der Waals surface area contributed by atoms with Crippen LogP contribution in [0.4, 0.5) is 0 Å². The van der Waals surface area contributed by atoms with E-state index in [9.17, 15) is 4.79 Å². The highest BCUT2D eigenvalue weighted by molar-refractivity contribution is 8.03. The normalized spacial score (nSPS) is 14.3. The molecule has 1 atom stereocenters. The molecule has 0 aromatic rings. The lowest BCUT2D eigenvalue weighted by molar-refractivity contribution is -0.143. The van der Waals surface area contributed by atoms with Crippen molar-refractivity contribution in [3.8, 4) is 5.40 Å².